The summed E-state index contributed by atoms with van der Waals surface area (Å²) in [6.07, 6.45) is 0. The molecule has 0 fully saturated rings. The number of rotatable bonds is 1. The van der Waals surface area contributed by atoms with Crippen LogP contribution in [0.1, 0.15) is 0 Å². The molecule has 0 unspecified atom stereocenters. The van der Waals surface area contributed by atoms with E-state index in [1.165, 1.54) is 0 Å². The zero-order valence-corrected chi connectivity index (χ0v) is 3.57. The average Bonchev–Trinajstić information content (AvgIpc) is 1.37. The Bertz CT molecular complexity index is 15.7. The normalized spacial score (nSPS) is 4.29. The van der Waals surface area contributed by atoms with Crippen LogP contribution < -0.4 is 11.5 Å². The average molecular weight is 120 g/mol. The van der Waals surface area contributed by atoms with Gasteiger partial charge >= 0.3 is 29.6 Å². The second-order valence-electron chi connectivity index (χ2n) is 0.577. The second kappa shape index (κ2) is 28.9. The van der Waals surface area contributed by atoms with Crippen LogP contribution >= 0.6 is 0 Å². The molecule has 7 heavy (non-hydrogen) atoms. The van der Waals surface area contributed by atoms with E-state index < -0.39 is 0 Å². The van der Waals surface area contributed by atoms with Gasteiger partial charge in [0.2, 0.25) is 0 Å². The first-order valence-corrected chi connectivity index (χ1v) is 1.32. The molecule has 0 amide bonds. The van der Waals surface area contributed by atoms with Crippen molar-refractivity contribution in [2.75, 3.05) is 13.1 Å². The molecule has 0 spiro atoms. The third-order valence-electron chi connectivity index (χ3n) is 0.167. The monoisotopic (exact) mass is 120 g/mol. The molecule has 0 saturated carbocycles. The standard InChI is InChI=1S/C2H8N2.Na.2H2O.H/c3-1-2-4;;;;/h1-4H2;;2*1H2;. The van der Waals surface area contributed by atoms with Crippen molar-refractivity contribution in [3.63, 3.8) is 0 Å². The predicted octanol–water partition coefficient (Wildman–Crippen LogP) is -3.39. The number of hydrogen-bond donors (Lipinski definition) is 2. The van der Waals surface area contributed by atoms with Crippen LogP contribution in [0, 0.1) is 0 Å². The Balaban J connectivity index is -0.0000000150. The van der Waals surface area contributed by atoms with Gasteiger partial charge in [-0.15, -0.1) is 0 Å². The molecule has 0 saturated heterocycles. The molecule has 0 aromatic carbocycles. The molecule has 0 aromatic heterocycles. The van der Waals surface area contributed by atoms with Crippen molar-refractivity contribution in [2.45, 2.75) is 0 Å². The molecule has 0 aliphatic carbocycles. The maximum absolute atomic E-state index is 4.90. The molecule has 4 nitrogen and oxygen atoms in total. The predicted molar refractivity (Wildman–Crippen MR) is 32.5 cm³/mol. The molecule has 0 atom stereocenters. The van der Waals surface area contributed by atoms with Crippen molar-refractivity contribution in [3.8, 4) is 0 Å². The Morgan fingerprint density at radius 1 is 0.857 bits per heavy atom. The van der Waals surface area contributed by atoms with Gasteiger partial charge in [0.15, 0.2) is 0 Å². The van der Waals surface area contributed by atoms with Crippen LogP contribution in [0.15, 0.2) is 0 Å². The van der Waals surface area contributed by atoms with Crippen LogP contribution in [-0.4, -0.2) is 53.6 Å². The van der Waals surface area contributed by atoms with E-state index in [4.69, 9.17) is 11.5 Å². The van der Waals surface area contributed by atoms with Gasteiger partial charge in [0.1, 0.15) is 0 Å². The van der Waals surface area contributed by atoms with Crippen molar-refractivity contribution >= 4 is 29.6 Å². The van der Waals surface area contributed by atoms with Crippen LogP contribution in [0.25, 0.3) is 0 Å². The van der Waals surface area contributed by atoms with Crippen molar-refractivity contribution < 1.29 is 11.0 Å². The fraction of sp³-hybridized carbons (Fsp3) is 1.00. The summed E-state index contributed by atoms with van der Waals surface area (Å²) in [4.78, 5) is 0. The summed E-state index contributed by atoms with van der Waals surface area (Å²) in [5, 5.41) is 0. The van der Waals surface area contributed by atoms with E-state index in [0.717, 1.165) is 0 Å². The molecule has 8 N–H and O–H groups in total. The molecule has 0 aliphatic rings. The van der Waals surface area contributed by atoms with E-state index in [1.807, 2.05) is 0 Å². The summed E-state index contributed by atoms with van der Waals surface area (Å²) in [5.74, 6) is 0. The van der Waals surface area contributed by atoms with E-state index in [1.54, 1.807) is 0 Å². The first-order chi connectivity index (χ1) is 1.91. The van der Waals surface area contributed by atoms with Gasteiger partial charge in [-0.1, -0.05) is 0 Å². The van der Waals surface area contributed by atoms with Crippen molar-refractivity contribution in [2.24, 2.45) is 11.5 Å². The van der Waals surface area contributed by atoms with Crippen LogP contribution in [0.3, 0.4) is 0 Å². The van der Waals surface area contributed by atoms with Gasteiger partial charge < -0.3 is 22.4 Å². The first-order valence-electron chi connectivity index (χ1n) is 1.32. The van der Waals surface area contributed by atoms with Gasteiger partial charge in [0.05, 0.1) is 0 Å². The van der Waals surface area contributed by atoms with Crippen molar-refractivity contribution in [1.29, 1.82) is 0 Å². The second-order valence-corrected chi connectivity index (χ2v) is 0.577. The van der Waals surface area contributed by atoms with Crippen LogP contribution in [-0.2, 0) is 0 Å². The zero-order chi connectivity index (χ0) is 3.41. The minimum absolute atomic E-state index is 0. The molecular weight excluding hydrogens is 107 g/mol. The maximum atomic E-state index is 4.90. The van der Waals surface area contributed by atoms with E-state index in [9.17, 15) is 0 Å². The molecule has 0 rings (SSSR count). The summed E-state index contributed by atoms with van der Waals surface area (Å²) in [6, 6.07) is 0. The SMILES string of the molecule is NCCN.O.O.[NaH]. The third-order valence-corrected chi connectivity index (χ3v) is 0.167. The van der Waals surface area contributed by atoms with E-state index in [2.05, 4.69) is 0 Å². The van der Waals surface area contributed by atoms with Gasteiger partial charge in [0.25, 0.3) is 0 Å². The van der Waals surface area contributed by atoms with E-state index in [-0.39, 0.29) is 40.5 Å². The molecule has 0 bridgehead atoms. The van der Waals surface area contributed by atoms with Crippen LogP contribution in [0.2, 0.25) is 0 Å². The zero-order valence-electron chi connectivity index (χ0n) is 3.57. The van der Waals surface area contributed by atoms with Crippen molar-refractivity contribution in [1.82, 2.24) is 0 Å². The molecular formula is C2H13N2NaO2. The third kappa shape index (κ3) is 47.3. The summed E-state index contributed by atoms with van der Waals surface area (Å²) in [6.45, 7) is 1.19. The van der Waals surface area contributed by atoms with Gasteiger partial charge in [-0.05, 0) is 0 Å². The van der Waals surface area contributed by atoms with E-state index >= 15 is 0 Å². The number of hydrogen-bond acceptors (Lipinski definition) is 2. The van der Waals surface area contributed by atoms with Gasteiger partial charge in [-0.25, -0.2) is 0 Å². The fourth-order valence-electron chi connectivity index (χ4n) is 0. The molecule has 0 heterocycles. The van der Waals surface area contributed by atoms with Crippen LogP contribution in [0.4, 0.5) is 0 Å². The topological polar surface area (TPSA) is 115 Å². The molecule has 0 aromatic rings. The first kappa shape index (κ1) is 24.9. The summed E-state index contributed by atoms with van der Waals surface area (Å²) < 4.78 is 0. The van der Waals surface area contributed by atoms with Gasteiger partial charge in [0, 0.05) is 13.1 Å². The summed E-state index contributed by atoms with van der Waals surface area (Å²) in [5.41, 5.74) is 9.81. The summed E-state index contributed by atoms with van der Waals surface area (Å²) >= 11 is 0. The van der Waals surface area contributed by atoms with Gasteiger partial charge in [-0.3, -0.25) is 0 Å². The number of nitrogens with two attached hydrogens (primary N) is 2. The Morgan fingerprint density at radius 3 is 1.00 bits per heavy atom. The molecule has 0 radical (unpaired) electrons. The molecule has 0 aliphatic heterocycles. The Kier molecular flexibility index (Phi) is 103. The van der Waals surface area contributed by atoms with Crippen LogP contribution in [0.5, 0.6) is 0 Å². The molecule has 5 heteroatoms. The Hall–Kier alpha value is 0.840. The summed E-state index contributed by atoms with van der Waals surface area (Å²) in [7, 11) is 0. The van der Waals surface area contributed by atoms with Crippen molar-refractivity contribution in [3.05, 3.63) is 0 Å². The quantitative estimate of drug-likeness (QED) is 0.351. The molecule has 44 valence electrons. The van der Waals surface area contributed by atoms with Gasteiger partial charge in [-0.2, -0.15) is 0 Å². The minimum atomic E-state index is 0. The fourth-order valence-corrected chi connectivity index (χ4v) is 0. The Labute approximate surface area is 65.2 Å². The Morgan fingerprint density at radius 2 is 1.00 bits per heavy atom. The van der Waals surface area contributed by atoms with E-state index in [0.29, 0.717) is 13.1 Å².